The summed E-state index contributed by atoms with van der Waals surface area (Å²) in [6.07, 6.45) is 2.43. The van der Waals surface area contributed by atoms with Gasteiger partial charge in [-0.05, 0) is 31.8 Å². The van der Waals surface area contributed by atoms with Crippen LogP contribution in [0.15, 0.2) is 10.9 Å². The van der Waals surface area contributed by atoms with Crippen LogP contribution >= 0.6 is 0 Å². The minimum absolute atomic E-state index is 0.00915. The van der Waals surface area contributed by atoms with Crippen molar-refractivity contribution in [3.8, 4) is 0 Å². The number of aromatic nitrogens is 2. The summed E-state index contributed by atoms with van der Waals surface area (Å²) in [6.45, 7) is 9.29. The molecule has 17 heavy (non-hydrogen) atoms. The van der Waals surface area contributed by atoms with E-state index in [9.17, 15) is 4.79 Å². The van der Waals surface area contributed by atoms with Gasteiger partial charge >= 0.3 is 0 Å². The maximum atomic E-state index is 11.9. The van der Waals surface area contributed by atoms with E-state index >= 15 is 0 Å². The van der Waals surface area contributed by atoms with Crippen molar-refractivity contribution >= 4 is 0 Å². The van der Waals surface area contributed by atoms with Crippen molar-refractivity contribution in [1.82, 2.24) is 15.1 Å². The lowest BCUT2D eigenvalue weighted by Gasteiger charge is -2.23. The fourth-order valence-electron chi connectivity index (χ4n) is 2.29. The molecular weight excluding hydrogens is 214 g/mol. The number of H-pyrrole nitrogens is 1. The Kier molecular flexibility index (Phi) is 3.43. The average molecular weight is 237 g/mol. The van der Waals surface area contributed by atoms with Crippen molar-refractivity contribution in [3.63, 3.8) is 0 Å². The summed E-state index contributed by atoms with van der Waals surface area (Å²) in [6, 6.07) is 1.73. The number of nitrogens with zero attached hydrogens (tertiary/aromatic N) is 1. The van der Waals surface area contributed by atoms with E-state index in [1.807, 2.05) is 0 Å². The minimum Gasteiger partial charge on any atom is -0.316 e. The molecule has 1 saturated heterocycles. The lowest BCUT2D eigenvalue weighted by molar-refractivity contribution is 0.320. The SMILES string of the molecule is CC(C)(C)c1cc(=O)n(C[C@H]2CCCNC2)[nH]1. The zero-order valence-corrected chi connectivity index (χ0v) is 11.0. The van der Waals surface area contributed by atoms with Crippen molar-refractivity contribution in [2.75, 3.05) is 13.1 Å². The van der Waals surface area contributed by atoms with E-state index in [4.69, 9.17) is 0 Å². The predicted octanol–water partition coefficient (Wildman–Crippen LogP) is 1.47. The maximum Gasteiger partial charge on any atom is 0.266 e. The molecule has 1 fully saturated rings. The molecule has 0 unspecified atom stereocenters. The molecule has 2 rings (SSSR count). The summed E-state index contributed by atoms with van der Waals surface area (Å²) in [5.41, 5.74) is 1.13. The van der Waals surface area contributed by atoms with E-state index in [1.54, 1.807) is 10.7 Å². The zero-order chi connectivity index (χ0) is 12.5. The summed E-state index contributed by atoms with van der Waals surface area (Å²) in [5.74, 6) is 0.577. The Morgan fingerprint density at radius 2 is 2.24 bits per heavy atom. The molecule has 0 bridgehead atoms. The van der Waals surface area contributed by atoms with Gasteiger partial charge in [0.1, 0.15) is 0 Å². The van der Waals surface area contributed by atoms with Crippen LogP contribution in [0.25, 0.3) is 0 Å². The number of piperidine rings is 1. The summed E-state index contributed by atoms with van der Waals surface area (Å²) in [5, 5.41) is 6.63. The second-order valence-corrected chi connectivity index (χ2v) is 6.08. The third kappa shape index (κ3) is 3.00. The monoisotopic (exact) mass is 237 g/mol. The largest absolute Gasteiger partial charge is 0.316 e. The molecule has 0 aliphatic carbocycles. The van der Waals surface area contributed by atoms with Crippen LogP contribution in [0.1, 0.15) is 39.3 Å². The van der Waals surface area contributed by atoms with E-state index < -0.39 is 0 Å². The normalized spacial score (nSPS) is 21.7. The summed E-state index contributed by atoms with van der Waals surface area (Å²) in [7, 11) is 0. The molecular formula is C13H23N3O. The first-order valence-corrected chi connectivity index (χ1v) is 6.48. The van der Waals surface area contributed by atoms with Crippen LogP contribution in [0.2, 0.25) is 0 Å². The second-order valence-electron chi connectivity index (χ2n) is 6.08. The lowest BCUT2D eigenvalue weighted by atomic mass is 9.93. The molecule has 0 aromatic carbocycles. The van der Waals surface area contributed by atoms with E-state index in [0.717, 1.165) is 25.3 Å². The Bertz CT molecular complexity index is 419. The van der Waals surface area contributed by atoms with Crippen molar-refractivity contribution in [3.05, 3.63) is 22.1 Å². The van der Waals surface area contributed by atoms with Crippen LogP contribution < -0.4 is 10.9 Å². The summed E-state index contributed by atoms with van der Waals surface area (Å²) in [4.78, 5) is 11.9. The van der Waals surface area contributed by atoms with Crippen molar-refractivity contribution in [2.45, 2.75) is 45.6 Å². The molecule has 1 aliphatic rings. The molecule has 0 radical (unpaired) electrons. The van der Waals surface area contributed by atoms with Gasteiger partial charge in [0.15, 0.2) is 0 Å². The Morgan fingerprint density at radius 1 is 1.47 bits per heavy atom. The topological polar surface area (TPSA) is 49.8 Å². The summed E-state index contributed by atoms with van der Waals surface area (Å²) >= 11 is 0. The number of nitrogens with one attached hydrogen (secondary N) is 2. The number of hydrogen-bond acceptors (Lipinski definition) is 2. The van der Waals surface area contributed by atoms with Crippen molar-refractivity contribution in [2.24, 2.45) is 5.92 Å². The fraction of sp³-hybridized carbons (Fsp3) is 0.769. The molecule has 4 nitrogen and oxygen atoms in total. The standard InChI is InChI=1S/C13H23N3O/c1-13(2,3)11-7-12(17)16(15-11)9-10-5-4-6-14-8-10/h7,10,14-15H,4-6,8-9H2,1-3H3/t10-/m0/s1. The number of rotatable bonds is 2. The predicted molar refractivity (Wildman–Crippen MR) is 69.3 cm³/mol. The van der Waals surface area contributed by atoms with Crippen LogP contribution in [-0.2, 0) is 12.0 Å². The quantitative estimate of drug-likeness (QED) is 0.818. The molecule has 0 amide bonds. The Hall–Kier alpha value is -1.03. The third-order valence-electron chi connectivity index (χ3n) is 3.44. The first-order chi connectivity index (χ1) is 7.97. The molecule has 2 heterocycles. The first-order valence-electron chi connectivity index (χ1n) is 6.48. The van der Waals surface area contributed by atoms with Gasteiger partial charge in [0, 0.05) is 23.7 Å². The van der Waals surface area contributed by atoms with Gasteiger partial charge in [-0.3, -0.25) is 14.6 Å². The van der Waals surface area contributed by atoms with Gasteiger partial charge < -0.3 is 5.32 Å². The van der Waals surface area contributed by atoms with E-state index in [0.29, 0.717) is 5.92 Å². The molecule has 1 atom stereocenters. The smallest absolute Gasteiger partial charge is 0.266 e. The Balaban J connectivity index is 2.10. The molecule has 96 valence electrons. The van der Waals surface area contributed by atoms with Crippen LogP contribution in [-0.4, -0.2) is 22.9 Å². The molecule has 4 heteroatoms. The van der Waals surface area contributed by atoms with E-state index in [1.165, 1.54) is 12.8 Å². The van der Waals surface area contributed by atoms with Gasteiger partial charge in [0.05, 0.1) is 0 Å². The Labute approximate surface area is 102 Å². The van der Waals surface area contributed by atoms with Gasteiger partial charge in [-0.25, -0.2) is 0 Å². The van der Waals surface area contributed by atoms with Crippen LogP contribution in [0.4, 0.5) is 0 Å². The highest BCUT2D eigenvalue weighted by molar-refractivity contribution is 5.10. The molecule has 1 aromatic heterocycles. The molecule has 0 saturated carbocycles. The maximum absolute atomic E-state index is 11.9. The van der Waals surface area contributed by atoms with Gasteiger partial charge in [0.2, 0.25) is 0 Å². The van der Waals surface area contributed by atoms with Crippen LogP contribution in [0, 0.1) is 5.92 Å². The van der Waals surface area contributed by atoms with E-state index in [-0.39, 0.29) is 11.0 Å². The van der Waals surface area contributed by atoms with Gasteiger partial charge in [-0.2, -0.15) is 0 Å². The second kappa shape index (κ2) is 4.69. The highest BCUT2D eigenvalue weighted by Gasteiger charge is 2.19. The summed E-state index contributed by atoms with van der Waals surface area (Å²) < 4.78 is 1.76. The molecule has 2 N–H and O–H groups in total. The van der Waals surface area contributed by atoms with Crippen molar-refractivity contribution in [1.29, 1.82) is 0 Å². The van der Waals surface area contributed by atoms with Crippen LogP contribution in [0.3, 0.4) is 0 Å². The highest BCUT2D eigenvalue weighted by atomic mass is 16.1. The first kappa shape index (κ1) is 12.4. The lowest BCUT2D eigenvalue weighted by Crippen LogP contribution is -2.34. The molecule has 1 aromatic rings. The highest BCUT2D eigenvalue weighted by Crippen LogP contribution is 2.18. The molecule has 0 spiro atoms. The minimum atomic E-state index is 0.00915. The zero-order valence-electron chi connectivity index (χ0n) is 11.0. The van der Waals surface area contributed by atoms with E-state index in [2.05, 4.69) is 31.2 Å². The molecule has 1 aliphatic heterocycles. The van der Waals surface area contributed by atoms with Gasteiger partial charge in [-0.1, -0.05) is 20.8 Å². The van der Waals surface area contributed by atoms with Gasteiger partial charge in [-0.15, -0.1) is 0 Å². The van der Waals surface area contributed by atoms with Gasteiger partial charge in [0.25, 0.3) is 5.56 Å². The van der Waals surface area contributed by atoms with Crippen LogP contribution in [0.5, 0.6) is 0 Å². The average Bonchev–Trinajstić information content (AvgIpc) is 2.62. The fourth-order valence-corrected chi connectivity index (χ4v) is 2.29. The Morgan fingerprint density at radius 3 is 2.76 bits per heavy atom. The third-order valence-corrected chi connectivity index (χ3v) is 3.44. The number of aromatic amines is 1. The van der Waals surface area contributed by atoms with Crippen molar-refractivity contribution < 1.29 is 0 Å². The number of hydrogen-bond donors (Lipinski definition) is 2.